The number of fused-ring (bicyclic) bond motifs is 2. The van der Waals surface area contributed by atoms with Crippen molar-refractivity contribution in [2.45, 2.75) is 26.4 Å². The van der Waals surface area contributed by atoms with Gasteiger partial charge >= 0.3 is 0 Å². The number of hydrogen-bond donors (Lipinski definition) is 2. The van der Waals surface area contributed by atoms with Gasteiger partial charge in [0.2, 0.25) is 0 Å². The van der Waals surface area contributed by atoms with Crippen molar-refractivity contribution in [3.05, 3.63) is 101 Å². The van der Waals surface area contributed by atoms with Crippen molar-refractivity contribution in [2.24, 2.45) is 0 Å². The van der Waals surface area contributed by atoms with Crippen LogP contribution in [0.25, 0.3) is 33.1 Å². The lowest BCUT2D eigenvalue weighted by atomic mass is 9.83. The fourth-order valence-corrected chi connectivity index (χ4v) is 4.89. The summed E-state index contributed by atoms with van der Waals surface area (Å²) in [6, 6.07) is 17.3. The van der Waals surface area contributed by atoms with Crippen molar-refractivity contribution < 1.29 is 18.8 Å². The van der Waals surface area contributed by atoms with Crippen LogP contribution in [0.4, 0.5) is 4.39 Å². The first kappa shape index (κ1) is 23.7. The van der Waals surface area contributed by atoms with Gasteiger partial charge in [0.15, 0.2) is 5.60 Å². The van der Waals surface area contributed by atoms with Crippen LogP contribution in [0.3, 0.4) is 0 Å². The molecule has 0 radical (unpaired) electrons. The van der Waals surface area contributed by atoms with E-state index in [0.717, 1.165) is 16.5 Å². The van der Waals surface area contributed by atoms with Crippen LogP contribution in [0.1, 0.15) is 35.3 Å². The molecular formula is C29H24FN5O3. The largest absolute Gasteiger partial charge is 0.465 e. The molecule has 6 aromatic rings. The molecule has 8 nitrogen and oxygen atoms in total. The summed E-state index contributed by atoms with van der Waals surface area (Å²) in [6.07, 6.45) is 1.60. The van der Waals surface area contributed by atoms with Gasteiger partial charge in [0, 0.05) is 28.8 Å². The molecule has 6 rings (SSSR count). The zero-order valence-corrected chi connectivity index (χ0v) is 21.0. The standard InChI is InChI=1S/C29H24FN5O3/c1-4-37-28-33-23-14-19(26-16(2)35-38-17(26)3)13-21(27(23)34-28)29(36,24-7-5-6-12-31-24)25-11-9-18-8-10-20(30)15-22(18)32-25/h5-15,36H,4H2,1-3H3,(H,33,34). The summed E-state index contributed by atoms with van der Waals surface area (Å²) in [4.78, 5) is 17.1. The highest BCUT2D eigenvalue weighted by Crippen LogP contribution is 2.42. The van der Waals surface area contributed by atoms with Gasteiger partial charge in [-0.3, -0.25) is 4.98 Å². The van der Waals surface area contributed by atoms with E-state index in [-0.39, 0.29) is 5.69 Å². The molecule has 38 heavy (non-hydrogen) atoms. The Bertz CT molecular complexity index is 1780. The number of imidazole rings is 1. The number of ether oxygens (including phenoxy) is 1. The fraction of sp³-hybridized carbons (Fsp3) is 0.172. The Morgan fingerprint density at radius 2 is 1.87 bits per heavy atom. The molecule has 1 atom stereocenters. The van der Waals surface area contributed by atoms with E-state index in [1.807, 2.05) is 32.9 Å². The highest BCUT2D eigenvalue weighted by Gasteiger charge is 2.40. The zero-order valence-electron chi connectivity index (χ0n) is 21.0. The molecule has 1 unspecified atom stereocenters. The second-order valence-electron chi connectivity index (χ2n) is 9.05. The molecule has 4 aromatic heterocycles. The normalized spacial score (nSPS) is 13.2. The molecule has 0 bridgehead atoms. The molecule has 2 aromatic carbocycles. The highest BCUT2D eigenvalue weighted by molar-refractivity contribution is 5.88. The first-order valence-electron chi connectivity index (χ1n) is 12.2. The van der Waals surface area contributed by atoms with Gasteiger partial charge in [-0.05, 0) is 68.8 Å². The maximum Gasteiger partial charge on any atom is 0.294 e. The van der Waals surface area contributed by atoms with Crippen molar-refractivity contribution in [1.82, 2.24) is 25.1 Å². The molecule has 0 amide bonds. The summed E-state index contributed by atoms with van der Waals surface area (Å²) in [5.74, 6) is 0.220. The predicted molar refractivity (Wildman–Crippen MR) is 140 cm³/mol. The lowest BCUT2D eigenvalue weighted by molar-refractivity contribution is 0.118. The third-order valence-corrected chi connectivity index (χ3v) is 6.62. The molecule has 0 saturated heterocycles. The number of pyridine rings is 2. The highest BCUT2D eigenvalue weighted by atomic mass is 19.1. The molecule has 4 heterocycles. The molecule has 0 fully saturated rings. The van der Waals surface area contributed by atoms with Crippen LogP contribution < -0.4 is 4.74 Å². The number of nitrogens with zero attached hydrogens (tertiary/aromatic N) is 4. The molecule has 0 aliphatic rings. The van der Waals surface area contributed by atoms with E-state index in [9.17, 15) is 9.50 Å². The van der Waals surface area contributed by atoms with Crippen molar-refractivity contribution in [2.75, 3.05) is 6.61 Å². The maximum atomic E-state index is 14.1. The smallest absolute Gasteiger partial charge is 0.294 e. The summed E-state index contributed by atoms with van der Waals surface area (Å²) in [7, 11) is 0. The molecule has 0 spiro atoms. The molecule has 0 saturated carbocycles. The Labute approximate surface area is 217 Å². The van der Waals surface area contributed by atoms with E-state index in [1.165, 1.54) is 12.1 Å². The fourth-order valence-electron chi connectivity index (χ4n) is 4.89. The summed E-state index contributed by atoms with van der Waals surface area (Å²) >= 11 is 0. The number of rotatable bonds is 6. The number of nitrogens with one attached hydrogen (secondary N) is 1. The van der Waals surface area contributed by atoms with Crippen molar-refractivity contribution >= 4 is 21.9 Å². The van der Waals surface area contributed by atoms with Crippen LogP contribution in [0.5, 0.6) is 6.01 Å². The number of aromatic amines is 1. The Hall–Kier alpha value is -4.63. The summed E-state index contributed by atoms with van der Waals surface area (Å²) in [5.41, 5.74) is 2.98. The molecule has 190 valence electrons. The molecule has 0 aliphatic heterocycles. The number of halogens is 1. The van der Waals surface area contributed by atoms with Crippen LogP contribution >= 0.6 is 0 Å². The van der Waals surface area contributed by atoms with E-state index in [4.69, 9.17) is 14.2 Å². The van der Waals surface area contributed by atoms with Gasteiger partial charge in [-0.25, -0.2) is 9.37 Å². The van der Waals surface area contributed by atoms with E-state index in [0.29, 0.717) is 51.9 Å². The summed E-state index contributed by atoms with van der Waals surface area (Å²) < 4.78 is 25.2. The van der Waals surface area contributed by atoms with Crippen LogP contribution in [0.2, 0.25) is 0 Å². The number of aromatic nitrogens is 5. The maximum absolute atomic E-state index is 14.1. The molecule has 9 heteroatoms. The lowest BCUT2D eigenvalue weighted by Gasteiger charge is -2.29. The van der Waals surface area contributed by atoms with Gasteiger partial charge in [-0.15, -0.1) is 0 Å². The number of aliphatic hydroxyl groups is 1. The minimum absolute atomic E-state index is 0.271. The monoisotopic (exact) mass is 509 g/mol. The van der Waals surface area contributed by atoms with Crippen molar-refractivity contribution in [3.63, 3.8) is 0 Å². The van der Waals surface area contributed by atoms with Crippen molar-refractivity contribution in [3.8, 4) is 17.1 Å². The molecular weight excluding hydrogens is 485 g/mol. The Morgan fingerprint density at radius 3 is 2.61 bits per heavy atom. The van der Waals surface area contributed by atoms with Gasteiger partial charge in [-0.2, -0.15) is 4.98 Å². The number of aryl methyl sites for hydroxylation is 2. The lowest BCUT2D eigenvalue weighted by Crippen LogP contribution is -2.31. The topological polar surface area (TPSA) is 110 Å². The average Bonchev–Trinajstić information content (AvgIpc) is 3.49. The van der Waals surface area contributed by atoms with Gasteiger partial charge < -0.3 is 19.4 Å². The number of hydrogen-bond acceptors (Lipinski definition) is 7. The van der Waals surface area contributed by atoms with E-state index >= 15 is 0 Å². The van der Waals surface area contributed by atoms with Crippen LogP contribution in [-0.4, -0.2) is 36.8 Å². The third-order valence-electron chi connectivity index (χ3n) is 6.62. The quantitative estimate of drug-likeness (QED) is 0.301. The first-order valence-corrected chi connectivity index (χ1v) is 12.2. The summed E-state index contributed by atoms with van der Waals surface area (Å²) in [5, 5.41) is 17.6. The Balaban J connectivity index is 1.70. The van der Waals surface area contributed by atoms with Crippen LogP contribution in [0.15, 0.2) is 71.4 Å². The first-order chi connectivity index (χ1) is 18.4. The van der Waals surface area contributed by atoms with E-state index < -0.39 is 11.4 Å². The van der Waals surface area contributed by atoms with Gasteiger partial charge in [0.05, 0.1) is 40.2 Å². The second kappa shape index (κ2) is 9.04. The van der Waals surface area contributed by atoms with E-state index in [1.54, 1.807) is 42.6 Å². The average molecular weight is 510 g/mol. The minimum atomic E-state index is -1.85. The SMILES string of the molecule is CCOc1nc2c(C(O)(c3ccccn3)c3ccc4ccc(F)cc4n3)cc(-c3c(C)noc3C)cc2[nH]1. The number of H-pyrrole nitrogens is 1. The number of benzene rings is 2. The molecule has 2 N–H and O–H groups in total. The summed E-state index contributed by atoms with van der Waals surface area (Å²) in [6.45, 7) is 5.97. The van der Waals surface area contributed by atoms with Crippen LogP contribution in [-0.2, 0) is 5.60 Å². The minimum Gasteiger partial charge on any atom is -0.465 e. The third kappa shape index (κ3) is 3.79. The van der Waals surface area contributed by atoms with Crippen LogP contribution in [0, 0.1) is 19.7 Å². The van der Waals surface area contributed by atoms with Crippen molar-refractivity contribution in [1.29, 1.82) is 0 Å². The second-order valence-corrected chi connectivity index (χ2v) is 9.05. The van der Waals surface area contributed by atoms with Gasteiger partial charge in [0.1, 0.15) is 11.6 Å². The predicted octanol–water partition coefficient (Wildman–Crippen LogP) is 5.60. The molecule has 0 aliphatic carbocycles. The van der Waals surface area contributed by atoms with Gasteiger partial charge in [0.25, 0.3) is 6.01 Å². The Morgan fingerprint density at radius 1 is 1.03 bits per heavy atom. The van der Waals surface area contributed by atoms with Gasteiger partial charge in [-0.1, -0.05) is 17.3 Å². The Kier molecular flexibility index (Phi) is 5.65. The van der Waals surface area contributed by atoms with E-state index in [2.05, 4.69) is 20.1 Å². The zero-order chi connectivity index (χ0) is 26.4.